The van der Waals surface area contributed by atoms with Gasteiger partial charge >= 0.3 is 0 Å². The Hall–Kier alpha value is -3.87. The van der Waals surface area contributed by atoms with Crippen molar-refractivity contribution in [2.45, 2.75) is 30.4 Å². The third-order valence-corrected chi connectivity index (χ3v) is 10.8. The smallest absolute Gasteiger partial charge is 0.288 e. The summed E-state index contributed by atoms with van der Waals surface area (Å²) in [5.41, 5.74) is 1.54. The second-order valence-electron chi connectivity index (χ2n) is 12.3. The molecule has 0 saturated carbocycles. The molecule has 1 saturated heterocycles. The summed E-state index contributed by atoms with van der Waals surface area (Å²) in [6.45, 7) is 4.20. The summed E-state index contributed by atoms with van der Waals surface area (Å²) >= 11 is 0. The predicted octanol–water partition coefficient (Wildman–Crippen LogP) is 2.63. The van der Waals surface area contributed by atoms with Crippen molar-refractivity contribution in [2.75, 3.05) is 99.4 Å². The molecular weight excluding hydrogens is 710 g/mol. The van der Waals surface area contributed by atoms with Gasteiger partial charge in [0.2, 0.25) is 22.2 Å². The number of ether oxygens (including phenoxy) is 7. The molecule has 0 bridgehead atoms. The number of allylic oxidation sites excluding steroid dienone is 1. The second-order valence-corrected chi connectivity index (χ2v) is 14.3. The molecule has 1 fully saturated rings. The van der Waals surface area contributed by atoms with Crippen LogP contribution < -0.4 is 4.74 Å². The molecule has 5 rings (SSSR count). The Balaban J connectivity index is 1.37. The molecule has 0 aliphatic carbocycles. The Bertz CT molecular complexity index is 1760. The van der Waals surface area contributed by atoms with Gasteiger partial charge in [-0.25, -0.2) is 8.42 Å². The van der Waals surface area contributed by atoms with E-state index in [1.165, 1.54) is 26.2 Å². The minimum atomic E-state index is -3.99. The van der Waals surface area contributed by atoms with Crippen LogP contribution in [0.4, 0.5) is 0 Å². The number of aromatic nitrogens is 1. The Kier molecular flexibility index (Phi) is 15.2. The van der Waals surface area contributed by atoms with Gasteiger partial charge in [-0.2, -0.15) is 4.31 Å². The maximum absolute atomic E-state index is 14.2. The largest absolute Gasteiger partial charge is 0.497 e. The average molecular weight is 760 g/mol. The zero-order chi connectivity index (χ0) is 37.6. The predicted molar refractivity (Wildman–Crippen MR) is 193 cm³/mol. The Labute approximate surface area is 309 Å². The number of benzene rings is 2. The summed E-state index contributed by atoms with van der Waals surface area (Å²) in [6, 6.07) is 13.5. The summed E-state index contributed by atoms with van der Waals surface area (Å²) in [7, 11) is -2.50. The number of nitrogens with zero attached hydrogens (tertiary/aromatic N) is 3. The number of amides is 1. The SMILES string of the molecule is COc1ccc(S(=O)(=O)N(CCO)CCO[C@@H]2C[C@H](c3cn(C(C)=O)c4ccccc34)C=C(C(=O)N3CCOCCOCCOCCOCC3)O2)cc1. The topological polar surface area (TPSA) is 165 Å². The number of fused-ring (bicyclic) bond motifs is 1. The van der Waals surface area contributed by atoms with Crippen LogP contribution in [-0.4, -0.2) is 145 Å². The fraction of sp³-hybridized carbons (Fsp3) is 0.514. The Morgan fingerprint density at radius 3 is 2.11 bits per heavy atom. The number of para-hydroxylation sites is 1. The van der Waals surface area contributed by atoms with Gasteiger partial charge in [0.25, 0.3) is 5.91 Å². The van der Waals surface area contributed by atoms with E-state index in [0.717, 1.165) is 20.8 Å². The number of hydrogen-bond acceptors (Lipinski definition) is 12. The van der Waals surface area contributed by atoms with Gasteiger partial charge in [-0.15, -0.1) is 0 Å². The summed E-state index contributed by atoms with van der Waals surface area (Å²) in [5, 5.41) is 10.6. The first-order valence-corrected chi connectivity index (χ1v) is 19.1. The molecule has 2 atom stereocenters. The number of hydrogen-bond donors (Lipinski definition) is 1. The highest BCUT2D eigenvalue weighted by Gasteiger charge is 2.33. The maximum Gasteiger partial charge on any atom is 0.288 e. The number of sulfonamides is 1. The highest BCUT2D eigenvalue weighted by molar-refractivity contribution is 7.89. The lowest BCUT2D eigenvalue weighted by Crippen LogP contribution is -2.41. The molecule has 3 heterocycles. The molecule has 16 heteroatoms. The van der Waals surface area contributed by atoms with Crippen LogP contribution in [0.25, 0.3) is 10.9 Å². The monoisotopic (exact) mass is 759 g/mol. The van der Waals surface area contributed by atoms with E-state index in [-0.39, 0.29) is 69.0 Å². The van der Waals surface area contributed by atoms with E-state index in [1.807, 2.05) is 24.3 Å². The molecule has 1 amide bonds. The van der Waals surface area contributed by atoms with Crippen molar-refractivity contribution in [3.05, 3.63) is 72.1 Å². The van der Waals surface area contributed by atoms with Crippen LogP contribution in [0.3, 0.4) is 0 Å². The van der Waals surface area contributed by atoms with Crippen LogP contribution in [0.1, 0.15) is 29.6 Å². The molecule has 15 nitrogen and oxygen atoms in total. The Morgan fingerprint density at radius 1 is 0.887 bits per heavy atom. The standard InChI is InChI=1S/C37H49N3O12S/c1-28(42)40-27-33(32-5-3-4-6-34(32)40)29-25-35(37(43)38-12-16-47-19-21-49-23-24-50-22-20-48-17-13-38)52-36(26-29)51-18-14-39(11-15-41)53(44,45)31-9-7-30(46-2)8-10-31/h3-10,25,27,29,36,41H,11-24,26H2,1-2H3/t29-,36+/m1/s1. The molecule has 0 radical (unpaired) electrons. The van der Waals surface area contributed by atoms with E-state index in [4.69, 9.17) is 33.2 Å². The lowest BCUT2D eigenvalue weighted by Gasteiger charge is -2.32. The van der Waals surface area contributed by atoms with Gasteiger partial charge in [0.05, 0.1) is 83.6 Å². The molecule has 290 valence electrons. The van der Waals surface area contributed by atoms with Crippen molar-refractivity contribution < 1.29 is 56.3 Å². The summed E-state index contributed by atoms with van der Waals surface area (Å²) < 4.78 is 69.7. The van der Waals surface area contributed by atoms with E-state index < -0.39 is 34.7 Å². The van der Waals surface area contributed by atoms with E-state index in [0.29, 0.717) is 45.4 Å². The minimum absolute atomic E-state index is 0.0410. The molecule has 0 unspecified atom stereocenters. The van der Waals surface area contributed by atoms with E-state index in [2.05, 4.69) is 0 Å². The zero-order valence-electron chi connectivity index (χ0n) is 30.2. The third kappa shape index (κ3) is 10.9. The molecule has 1 aromatic heterocycles. The van der Waals surface area contributed by atoms with Crippen molar-refractivity contribution >= 4 is 32.7 Å². The van der Waals surface area contributed by atoms with Crippen LogP contribution in [0, 0.1) is 0 Å². The fourth-order valence-corrected chi connectivity index (χ4v) is 7.53. The number of rotatable bonds is 11. The lowest BCUT2D eigenvalue weighted by atomic mass is 9.92. The first-order valence-electron chi connectivity index (χ1n) is 17.7. The summed E-state index contributed by atoms with van der Waals surface area (Å²) in [5.74, 6) is -0.403. The van der Waals surface area contributed by atoms with Gasteiger partial charge in [0.15, 0.2) is 5.76 Å². The number of methoxy groups -OCH3 is 1. The van der Waals surface area contributed by atoms with Crippen molar-refractivity contribution in [1.82, 2.24) is 13.8 Å². The molecule has 0 spiro atoms. The van der Waals surface area contributed by atoms with Crippen LogP contribution in [-0.2, 0) is 43.2 Å². The van der Waals surface area contributed by atoms with E-state index >= 15 is 0 Å². The van der Waals surface area contributed by atoms with Gasteiger partial charge in [0.1, 0.15) is 5.75 Å². The normalized spacial score (nSPS) is 19.9. The third-order valence-electron chi connectivity index (χ3n) is 8.86. The number of aliphatic hydroxyl groups is 1. The minimum Gasteiger partial charge on any atom is -0.497 e. The molecule has 3 aromatic rings. The van der Waals surface area contributed by atoms with Crippen molar-refractivity contribution in [3.63, 3.8) is 0 Å². The van der Waals surface area contributed by atoms with Crippen molar-refractivity contribution in [1.29, 1.82) is 0 Å². The van der Waals surface area contributed by atoms with Gasteiger partial charge in [-0.3, -0.25) is 14.2 Å². The summed E-state index contributed by atoms with van der Waals surface area (Å²) in [4.78, 5) is 28.4. The molecule has 2 aromatic carbocycles. The van der Waals surface area contributed by atoms with Crippen LogP contribution in [0.2, 0.25) is 0 Å². The van der Waals surface area contributed by atoms with Crippen molar-refractivity contribution in [3.8, 4) is 5.75 Å². The van der Waals surface area contributed by atoms with Crippen molar-refractivity contribution in [2.24, 2.45) is 0 Å². The molecule has 2 aliphatic heterocycles. The maximum atomic E-state index is 14.2. The van der Waals surface area contributed by atoms with Crippen LogP contribution >= 0.6 is 0 Å². The highest BCUT2D eigenvalue weighted by atomic mass is 32.2. The molecule has 2 aliphatic rings. The van der Waals surface area contributed by atoms with E-state index in [1.54, 1.807) is 33.9 Å². The number of carbonyl (C=O) groups is 2. The van der Waals surface area contributed by atoms with Gasteiger partial charge in [-0.05, 0) is 42.0 Å². The van der Waals surface area contributed by atoms with Crippen LogP contribution in [0.15, 0.2) is 71.5 Å². The van der Waals surface area contributed by atoms with Crippen LogP contribution in [0.5, 0.6) is 5.75 Å². The number of carbonyl (C=O) groups excluding carboxylic acids is 2. The number of aliphatic hydroxyl groups excluding tert-OH is 1. The Morgan fingerprint density at radius 2 is 1.51 bits per heavy atom. The second kappa shape index (κ2) is 20.0. The molecule has 53 heavy (non-hydrogen) atoms. The highest BCUT2D eigenvalue weighted by Crippen LogP contribution is 2.37. The van der Waals surface area contributed by atoms with Gasteiger partial charge < -0.3 is 43.2 Å². The summed E-state index contributed by atoms with van der Waals surface area (Å²) in [6.07, 6.45) is 2.85. The zero-order valence-corrected chi connectivity index (χ0v) is 31.0. The average Bonchev–Trinajstić information content (AvgIpc) is 3.56. The quantitative estimate of drug-likeness (QED) is 0.305. The van der Waals surface area contributed by atoms with Gasteiger partial charge in [-0.1, -0.05) is 18.2 Å². The van der Waals surface area contributed by atoms with E-state index in [9.17, 15) is 23.1 Å². The molecular formula is C37H49N3O12S. The first-order chi connectivity index (χ1) is 25.7. The molecule has 1 N–H and O–H groups in total. The van der Waals surface area contributed by atoms with Gasteiger partial charge in [0, 0.05) is 57.0 Å². The fourth-order valence-electron chi connectivity index (χ4n) is 6.12. The first kappa shape index (κ1) is 40.3. The lowest BCUT2D eigenvalue weighted by molar-refractivity contribution is -0.153.